The van der Waals surface area contributed by atoms with E-state index in [0.29, 0.717) is 13.0 Å². The molecular weight excluding hydrogens is 461 g/mol. The van der Waals surface area contributed by atoms with E-state index in [1.807, 2.05) is 29.6 Å². The molecule has 1 heterocycles. The van der Waals surface area contributed by atoms with Crippen molar-refractivity contribution in [2.45, 2.75) is 35.7 Å². The van der Waals surface area contributed by atoms with Gasteiger partial charge in [0.25, 0.3) is 0 Å². The van der Waals surface area contributed by atoms with Gasteiger partial charge in [0.05, 0.1) is 5.69 Å². The van der Waals surface area contributed by atoms with Crippen LogP contribution in [0.15, 0.2) is 58.3 Å². The largest absolute Gasteiger partial charge is 0.573 e. The molecule has 0 amide bonds. The predicted molar refractivity (Wildman–Crippen MR) is 120 cm³/mol. The summed E-state index contributed by atoms with van der Waals surface area (Å²) >= 11 is 2.66. The van der Waals surface area contributed by atoms with Crippen LogP contribution in [-0.4, -0.2) is 33.7 Å². The number of halogens is 3. The molecule has 2 N–H and O–H groups in total. The fraction of sp³-hybridized carbons (Fsp3) is 0.273. The molecule has 32 heavy (non-hydrogen) atoms. The summed E-state index contributed by atoms with van der Waals surface area (Å²) in [7, 11) is 0. The van der Waals surface area contributed by atoms with E-state index in [2.05, 4.69) is 15.0 Å². The molecule has 0 fully saturated rings. The van der Waals surface area contributed by atoms with E-state index in [4.69, 9.17) is 0 Å². The average molecular weight is 483 g/mol. The van der Waals surface area contributed by atoms with Gasteiger partial charge in [-0.05, 0) is 49.2 Å². The molecule has 170 valence electrons. The molecule has 0 aliphatic carbocycles. The summed E-state index contributed by atoms with van der Waals surface area (Å²) < 4.78 is 40.5. The van der Waals surface area contributed by atoms with Crippen molar-refractivity contribution in [2.75, 3.05) is 11.9 Å². The molecule has 0 aliphatic rings. The van der Waals surface area contributed by atoms with Gasteiger partial charge in [-0.3, -0.25) is 4.79 Å². The summed E-state index contributed by atoms with van der Waals surface area (Å²) in [6.45, 7) is 3.95. The molecule has 0 atom stereocenters. The van der Waals surface area contributed by atoms with E-state index in [0.717, 1.165) is 26.8 Å². The Kier molecular flexibility index (Phi) is 7.35. The Bertz CT molecular complexity index is 1050. The highest BCUT2D eigenvalue weighted by Crippen LogP contribution is 2.34. The standard InChI is InChI=1S/C22H21F3N2O3S2/c1-21(2,19(28)29)32-20-27-17(13-31-20)11-12-26-16-7-3-14(4-8-16)15-5-9-18(10-6-15)30-22(23,24)25/h3-10,13,26H,11-12H2,1-2H3,(H,28,29). The smallest absolute Gasteiger partial charge is 0.480 e. The predicted octanol–water partition coefficient (Wildman–Crippen LogP) is 6.32. The number of aromatic nitrogens is 1. The van der Waals surface area contributed by atoms with Gasteiger partial charge in [0.2, 0.25) is 0 Å². The van der Waals surface area contributed by atoms with Crippen LogP contribution in [0.4, 0.5) is 18.9 Å². The minimum atomic E-state index is -4.71. The number of anilines is 1. The maximum absolute atomic E-state index is 12.3. The Balaban J connectivity index is 1.51. The topological polar surface area (TPSA) is 71.5 Å². The lowest BCUT2D eigenvalue weighted by Gasteiger charge is -2.15. The molecule has 2 aromatic carbocycles. The molecule has 5 nitrogen and oxygen atoms in total. The zero-order chi connectivity index (χ0) is 23.4. The summed E-state index contributed by atoms with van der Waals surface area (Å²) in [4.78, 5) is 15.7. The van der Waals surface area contributed by atoms with Crippen LogP contribution in [0, 0.1) is 0 Å². The number of rotatable bonds is 9. The Morgan fingerprint density at radius 2 is 1.69 bits per heavy atom. The van der Waals surface area contributed by atoms with Crippen molar-refractivity contribution >= 4 is 34.8 Å². The fourth-order valence-electron chi connectivity index (χ4n) is 2.68. The zero-order valence-electron chi connectivity index (χ0n) is 17.3. The molecule has 0 bridgehead atoms. The molecule has 0 aliphatic heterocycles. The zero-order valence-corrected chi connectivity index (χ0v) is 18.9. The second-order valence-corrected chi connectivity index (χ2v) is 10.1. The number of aliphatic carboxylic acids is 1. The number of benzene rings is 2. The summed E-state index contributed by atoms with van der Waals surface area (Å²) in [5.41, 5.74) is 3.45. The van der Waals surface area contributed by atoms with Gasteiger partial charge in [-0.15, -0.1) is 24.5 Å². The van der Waals surface area contributed by atoms with Crippen LogP contribution in [0.5, 0.6) is 5.75 Å². The van der Waals surface area contributed by atoms with Gasteiger partial charge in [-0.1, -0.05) is 36.0 Å². The lowest BCUT2D eigenvalue weighted by atomic mass is 10.1. The second-order valence-electron chi connectivity index (χ2n) is 7.35. The number of hydrogen-bond acceptors (Lipinski definition) is 6. The number of carbonyl (C=O) groups is 1. The van der Waals surface area contributed by atoms with Gasteiger partial charge in [0.1, 0.15) is 10.5 Å². The summed E-state index contributed by atoms with van der Waals surface area (Å²) in [6, 6.07) is 13.3. The van der Waals surface area contributed by atoms with E-state index in [9.17, 15) is 23.1 Å². The minimum Gasteiger partial charge on any atom is -0.480 e. The van der Waals surface area contributed by atoms with Crippen LogP contribution in [-0.2, 0) is 11.2 Å². The Labute approximate surface area is 191 Å². The van der Waals surface area contributed by atoms with Gasteiger partial charge in [0, 0.05) is 24.0 Å². The Hall–Kier alpha value is -2.72. The maximum atomic E-state index is 12.3. The minimum absolute atomic E-state index is 0.255. The quantitative estimate of drug-likeness (QED) is 0.348. The molecule has 0 saturated heterocycles. The van der Waals surface area contributed by atoms with E-state index in [1.165, 1.54) is 35.2 Å². The first kappa shape index (κ1) is 23.9. The lowest BCUT2D eigenvalue weighted by Crippen LogP contribution is -2.26. The third kappa shape index (κ3) is 6.89. The number of hydrogen-bond donors (Lipinski definition) is 2. The van der Waals surface area contributed by atoms with E-state index < -0.39 is 17.1 Å². The second kappa shape index (κ2) is 9.83. The highest BCUT2D eigenvalue weighted by Gasteiger charge is 2.31. The van der Waals surface area contributed by atoms with Crippen molar-refractivity contribution in [1.82, 2.24) is 4.98 Å². The van der Waals surface area contributed by atoms with E-state index in [-0.39, 0.29) is 5.75 Å². The lowest BCUT2D eigenvalue weighted by molar-refractivity contribution is -0.274. The molecular formula is C22H21F3N2O3S2. The fourth-order valence-corrected chi connectivity index (χ4v) is 4.90. The van der Waals surface area contributed by atoms with Crippen molar-refractivity contribution in [3.63, 3.8) is 0 Å². The molecule has 0 spiro atoms. The first-order valence-corrected chi connectivity index (χ1v) is 11.3. The van der Waals surface area contributed by atoms with Crippen LogP contribution in [0.25, 0.3) is 11.1 Å². The van der Waals surface area contributed by atoms with Crippen molar-refractivity contribution < 1.29 is 27.8 Å². The van der Waals surface area contributed by atoms with Crippen LogP contribution >= 0.6 is 23.1 Å². The van der Waals surface area contributed by atoms with Gasteiger partial charge in [-0.25, -0.2) is 4.98 Å². The van der Waals surface area contributed by atoms with Crippen molar-refractivity contribution in [3.8, 4) is 16.9 Å². The molecule has 10 heteroatoms. The third-order valence-electron chi connectivity index (χ3n) is 4.40. The number of ether oxygens (including phenoxy) is 1. The van der Waals surface area contributed by atoms with Crippen molar-refractivity contribution in [2.24, 2.45) is 0 Å². The molecule has 0 unspecified atom stereocenters. The summed E-state index contributed by atoms with van der Waals surface area (Å²) in [5.74, 6) is -1.13. The van der Waals surface area contributed by atoms with Crippen LogP contribution in [0.2, 0.25) is 0 Å². The number of alkyl halides is 3. The molecule has 0 radical (unpaired) electrons. The maximum Gasteiger partial charge on any atom is 0.573 e. The summed E-state index contributed by atoms with van der Waals surface area (Å²) in [5, 5.41) is 14.5. The first-order valence-electron chi connectivity index (χ1n) is 9.59. The number of carboxylic acids is 1. The number of carboxylic acid groups (broad SMARTS) is 1. The number of nitrogens with zero attached hydrogens (tertiary/aromatic N) is 1. The van der Waals surface area contributed by atoms with Gasteiger partial charge < -0.3 is 15.2 Å². The number of nitrogens with one attached hydrogen (secondary N) is 1. The molecule has 0 saturated carbocycles. The van der Waals surface area contributed by atoms with Crippen LogP contribution < -0.4 is 10.1 Å². The van der Waals surface area contributed by atoms with Gasteiger partial charge in [-0.2, -0.15) is 0 Å². The third-order valence-corrected chi connectivity index (χ3v) is 6.58. The highest BCUT2D eigenvalue weighted by molar-refractivity contribution is 8.02. The Morgan fingerprint density at radius 3 is 2.25 bits per heavy atom. The summed E-state index contributed by atoms with van der Waals surface area (Å²) in [6.07, 6.45) is -4.02. The normalized spacial score (nSPS) is 11.9. The van der Waals surface area contributed by atoms with E-state index in [1.54, 1.807) is 26.0 Å². The van der Waals surface area contributed by atoms with Crippen LogP contribution in [0.1, 0.15) is 19.5 Å². The number of thioether (sulfide) groups is 1. The first-order chi connectivity index (χ1) is 15.0. The Morgan fingerprint density at radius 1 is 1.09 bits per heavy atom. The van der Waals surface area contributed by atoms with Crippen molar-refractivity contribution in [1.29, 1.82) is 0 Å². The SMILES string of the molecule is CC(C)(Sc1nc(CCNc2ccc(-c3ccc(OC(F)(F)F)cc3)cc2)cs1)C(=O)O. The van der Waals surface area contributed by atoms with E-state index >= 15 is 0 Å². The van der Waals surface area contributed by atoms with Gasteiger partial charge >= 0.3 is 12.3 Å². The monoisotopic (exact) mass is 482 g/mol. The molecule has 3 rings (SSSR count). The number of thiazole rings is 1. The molecule has 3 aromatic rings. The molecule has 1 aromatic heterocycles. The van der Waals surface area contributed by atoms with Gasteiger partial charge in [0.15, 0.2) is 4.34 Å². The van der Waals surface area contributed by atoms with Crippen molar-refractivity contribution in [3.05, 3.63) is 59.6 Å². The highest BCUT2D eigenvalue weighted by atomic mass is 32.2. The average Bonchev–Trinajstić information content (AvgIpc) is 3.14. The van der Waals surface area contributed by atoms with Crippen LogP contribution in [0.3, 0.4) is 0 Å².